The number of hydrogen-bond donors (Lipinski definition) is 1. The van der Waals surface area contributed by atoms with E-state index < -0.39 is 0 Å². The van der Waals surface area contributed by atoms with Crippen molar-refractivity contribution in [3.63, 3.8) is 0 Å². The van der Waals surface area contributed by atoms with Crippen molar-refractivity contribution < 1.29 is 9.21 Å². The van der Waals surface area contributed by atoms with E-state index in [0.717, 1.165) is 27.9 Å². The molecule has 7 nitrogen and oxygen atoms in total. The summed E-state index contributed by atoms with van der Waals surface area (Å²) in [4.78, 5) is 16.7. The van der Waals surface area contributed by atoms with Crippen LogP contribution in [0.3, 0.4) is 0 Å². The largest absolute Gasteiger partial charge is 0.467 e. The van der Waals surface area contributed by atoms with Crippen molar-refractivity contribution in [1.29, 1.82) is 0 Å². The Balaban J connectivity index is 1.43. The molecule has 0 aliphatic rings. The summed E-state index contributed by atoms with van der Waals surface area (Å²) < 4.78 is 6.99. The fourth-order valence-corrected chi connectivity index (χ4v) is 4.15. The topological polar surface area (TPSA) is 89.6 Å². The lowest BCUT2D eigenvalue weighted by Gasteiger charge is -2.05. The molecule has 0 unspecified atom stereocenters. The van der Waals surface area contributed by atoms with Gasteiger partial charge in [0.15, 0.2) is 5.78 Å². The number of hydrogen-bond acceptors (Lipinski definition) is 6. The maximum atomic E-state index is 13.3. The number of H-pyrrole nitrogens is 1. The van der Waals surface area contributed by atoms with Gasteiger partial charge in [-0.3, -0.25) is 4.79 Å². The van der Waals surface area contributed by atoms with Crippen LogP contribution in [0.4, 0.5) is 0 Å². The van der Waals surface area contributed by atoms with Crippen LogP contribution in [0, 0.1) is 0 Å². The van der Waals surface area contributed by atoms with Gasteiger partial charge >= 0.3 is 0 Å². The Labute approximate surface area is 176 Å². The standard InChI is InChI=1S/C22H17N5O2S/c28-19(14-30-22-24-25-26-27(22)13-16-9-6-12-29-16)20-17-10-4-5-11-18(17)23-21(20)15-7-2-1-3-8-15/h1-12,23H,13-14H2. The smallest absolute Gasteiger partial charge is 0.210 e. The first-order valence-electron chi connectivity index (χ1n) is 9.40. The lowest BCUT2D eigenvalue weighted by atomic mass is 10.0. The van der Waals surface area contributed by atoms with E-state index in [4.69, 9.17) is 4.42 Å². The molecule has 0 aliphatic carbocycles. The Morgan fingerprint density at radius 3 is 2.70 bits per heavy atom. The lowest BCUT2D eigenvalue weighted by molar-refractivity contribution is 0.102. The summed E-state index contributed by atoms with van der Waals surface area (Å²) in [5.41, 5.74) is 3.43. The second-order valence-electron chi connectivity index (χ2n) is 6.70. The van der Waals surface area contributed by atoms with Crippen LogP contribution in [0.15, 0.2) is 82.6 Å². The number of para-hydroxylation sites is 1. The highest BCUT2D eigenvalue weighted by atomic mass is 32.2. The molecule has 0 saturated heterocycles. The third-order valence-corrected chi connectivity index (χ3v) is 5.72. The number of carbonyl (C=O) groups is 1. The van der Waals surface area contributed by atoms with Crippen LogP contribution < -0.4 is 0 Å². The second-order valence-corrected chi connectivity index (χ2v) is 7.64. The Morgan fingerprint density at radius 1 is 1.03 bits per heavy atom. The number of fused-ring (bicyclic) bond motifs is 1. The molecule has 0 saturated carbocycles. The molecule has 5 rings (SSSR count). The van der Waals surface area contributed by atoms with Gasteiger partial charge in [0.2, 0.25) is 5.16 Å². The minimum absolute atomic E-state index is 0.0175. The van der Waals surface area contributed by atoms with E-state index >= 15 is 0 Å². The van der Waals surface area contributed by atoms with Gasteiger partial charge in [-0.15, -0.1) is 5.10 Å². The first-order chi connectivity index (χ1) is 14.8. The molecule has 0 bridgehead atoms. The summed E-state index contributed by atoms with van der Waals surface area (Å²) in [6.07, 6.45) is 1.61. The average Bonchev–Trinajstić information content (AvgIpc) is 3.53. The van der Waals surface area contributed by atoms with E-state index in [2.05, 4.69) is 20.5 Å². The molecule has 0 radical (unpaired) electrons. The Morgan fingerprint density at radius 2 is 1.87 bits per heavy atom. The highest BCUT2D eigenvalue weighted by Gasteiger charge is 2.20. The maximum absolute atomic E-state index is 13.3. The van der Waals surface area contributed by atoms with Gasteiger partial charge in [0, 0.05) is 10.9 Å². The molecule has 0 aliphatic heterocycles. The van der Waals surface area contributed by atoms with E-state index in [1.54, 1.807) is 10.9 Å². The molecule has 0 amide bonds. The van der Waals surface area contributed by atoms with Crippen LogP contribution in [0.2, 0.25) is 0 Å². The molecule has 0 atom stereocenters. The minimum atomic E-state index is 0.0175. The number of Topliss-reactive ketones (excluding diaryl/α,β-unsaturated/α-hetero) is 1. The van der Waals surface area contributed by atoms with Crippen LogP contribution in [0.5, 0.6) is 0 Å². The third-order valence-electron chi connectivity index (χ3n) is 4.76. The van der Waals surface area contributed by atoms with E-state index in [1.165, 1.54) is 11.8 Å². The van der Waals surface area contributed by atoms with Gasteiger partial charge < -0.3 is 9.40 Å². The van der Waals surface area contributed by atoms with Gasteiger partial charge in [-0.2, -0.15) is 0 Å². The maximum Gasteiger partial charge on any atom is 0.210 e. The number of aromatic nitrogens is 5. The monoisotopic (exact) mass is 415 g/mol. The molecule has 2 aromatic carbocycles. The number of nitrogens with zero attached hydrogens (tertiary/aromatic N) is 4. The number of rotatable bonds is 7. The third kappa shape index (κ3) is 3.53. The highest BCUT2D eigenvalue weighted by molar-refractivity contribution is 7.99. The first kappa shape index (κ1) is 18.4. The summed E-state index contributed by atoms with van der Waals surface area (Å²) in [6, 6.07) is 21.4. The molecule has 1 N–H and O–H groups in total. The number of thioether (sulfide) groups is 1. The van der Waals surface area contributed by atoms with E-state index in [0.29, 0.717) is 17.3 Å². The Bertz CT molecular complexity index is 1290. The molecule has 8 heteroatoms. The summed E-state index contributed by atoms with van der Waals surface area (Å²) in [5.74, 6) is 0.988. The van der Waals surface area contributed by atoms with Gasteiger partial charge in [0.25, 0.3) is 0 Å². The fourth-order valence-electron chi connectivity index (χ4n) is 3.40. The molecule has 3 heterocycles. The van der Waals surface area contributed by atoms with Gasteiger partial charge in [0.1, 0.15) is 12.3 Å². The Kier molecular flexibility index (Phi) is 4.90. The van der Waals surface area contributed by atoms with Gasteiger partial charge in [-0.05, 0) is 34.2 Å². The fraction of sp³-hybridized carbons (Fsp3) is 0.0909. The molecule has 148 valence electrons. The number of aromatic amines is 1. The molecule has 0 fully saturated rings. The second kappa shape index (κ2) is 8.00. The number of ketones is 1. The molecule has 0 spiro atoms. The number of benzene rings is 2. The SMILES string of the molecule is O=C(CSc1nnnn1Cc1ccco1)c1c(-c2ccccc2)[nH]c2ccccc12. The van der Waals surface area contributed by atoms with Crippen LogP contribution in [0.1, 0.15) is 16.1 Å². The number of carbonyl (C=O) groups excluding carboxylic acids is 1. The summed E-state index contributed by atoms with van der Waals surface area (Å²) in [7, 11) is 0. The van der Waals surface area contributed by atoms with Crippen molar-refractivity contribution in [2.75, 3.05) is 5.75 Å². The zero-order valence-electron chi connectivity index (χ0n) is 15.9. The zero-order chi connectivity index (χ0) is 20.3. The van der Waals surface area contributed by atoms with Crippen molar-refractivity contribution in [3.05, 3.63) is 84.3 Å². The number of nitrogens with one attached hydrogen (secondary N) is 1. The molecule has 5 aromatic rings. The van der Waals surface area contributed by atoms with Crippen molar-refractivity contribution in [3.8, 4) is 11.3 Å². The van der Waals surface area contributed by atoms with Crippen LogP contribution in [-0.2, 0) is 6.54 Å². The van der Waals surface area contributed by atoms with Crippen LogP contribution in [-0.4, -0.2) is 36.7 Å². The van der Waals surface area contributed by atoms with Crippen molar-refractivity contribution in [1.82, 2.24) is 25.2 Å². The van der Waals surface area contributed by atoms with E-state index in [-0.39, 0.29) is 11.5 Å². The quantitative estimate of drug-likeness (QED) is 0.312. The molecule has 30 heavy (non-hydrogen) atoms. The normalized spacial score (nSPS) is 11.2. The van der Waals surface area contributed by atoms with E-state index in [1.807, 2.05) is 66.7 Å². The first-order valence-corrected chi connectivity index (χ1v) is 10.4. The molecular formula is C22H17N5O2S. The van der Waals surface area contributed by atoms with Gasteiger partial charge in [-0.25, -0.2) is 4.68 Å². The minimum Gasteiger partial charge on any atom is -0.467 e. The van der Waals surface area contributed by atoms with Crippen molar-refractivity contribution in [2.45, 2.75) is 11.7 Å². The van der Waals surface area contributed by atoms with Crippen molar-refractivity contribution in [2.24, 2.45) is 0 Å². The zero-order valence-corrected chi connectivity index (χ0v) is 16.7. The lowest BCUT2D eigenvalue weighted by Crippen LogP contribution is -2.07. The Hall–Kier alpha value is -3.65. The van der Waals surface area contributed by atoms with Gasteiger partial charge in [0.05, 0.1) is 23.3 Å². The predicted molar refractivity (Wildman–Crippen MR) is 114 cm³/mol. The van der Waals surface area contributed by atoms with E-state index in [9.17, 15) is 4.79 Å². The van der Waals surface area contributed by atoms with Gasteiger partial charge in [-0.1, -0.05) is 60.3 Å². The highest BCUT2D eigenvalue weighted by Crippen LogP contribution is 2.32. The summed E-state index contributed by atoms with van der Waals surface area (Å²) in [5, 5.41) is 13.3. The number of furan rings is 1. The number of tetrazole rings is 1. The summed E-state index contributed by atoms with van der Waals surface area (Å²) in [6.45, 7) is 0.416. The average molecular weight is 415 g/mol. The van der Waals surface area contributed by atoms with Crippen LogP contribution in [0.25, 0.3) is 22.2 Å². The molecule has 3 aromatic heterocycles. The predicted octanol–water partition coefficient (Wildman–Crippen LogP) is 4.44. The molecular weight excluding hydrogens is 398 g/mol. The van der Waals surface area contributed by atoms with Crippen LogP contribution >= 0.6 is 11.8 Å². The van der Waals surface area contributed by atoms with Crippen molar-refractivity contribution >= 4 is 28.4 Å². The summed E-state index contributed by atoms with van der Waals surface area (Å²) >= 11 is 1.32.